The van der Waals surface area contributed by atoms with Gasteiger partial charge in [-0.15, -0.1) is 5.10 Å². The number of halogens is 1. The zero-order valence-electron chi connectivity index (χ0n) is 10.9. The topological polar surface area (TPSA) is 85.8 Å². The first-order chi connectivity index (χ1) is 10.1. The van der Waals surface area contributed by atoms with Gasteiger partial charge in [-0.25, -0.2) is 0 Å². The van der Waals surface area contributed by atoms with Crippen LogP contribution in [0.4, 0.5) is 5.95 Å². The number of tetrazole rings is 1. The van der Waals surface area contributed by atoms with E-state index in [1.165, 1.54) is 4.80 Å². The minimum Gasteiger partial charge on any atom is -0.451 e. The van der Waals surface area contributed by atoms with E-state index in [4.69, 9.17) is 16.0 Å². The van der Waals surface area contributed by atoms with Gasteiger partial charge in [0.2, 0.25) is 0 Å². The van der Waals surface area contributed by atoms with Crippen molar-refractivity contribution in [1.82, 2.24) is 20.2 Å². The van der Waals surface area contributed by atoms with Gasteiger partial charge < -0.3 is 4.42 Å². The first-order valence-corrected chi connectivity index (χ1v) is 6.41. The van der Waals surface area contributed by atoms with Crippen LogP contribution in [-0.4, -0.2) is 26.1 Å². The molecule has 3 aromatic rings. The van der Waals surface area contributed by atoms with Crippen molar-refractivity contribution in [2.75, 3.05) is 5.32 Å². The maximum Gasteiger partial charge on any atom is 0.293 e. The van der Waals surface area contributed by atoms with E-state index in [9.17, 15) is 4.79 Å². The predicted octanol–water partition coefficient (Wildman–Crippen LogP) is 2.38. The first kappa shape index (κ1) is 13.3. The molecular formula is C13H10ClN5O2. The molecule has 2 aromatic heterocycles. The highest BCUT2D eigenvalue weighted by molar-refractivity contribution is 6.30. The lowest BCUT2D eigenvalue weighted by molar-refractivity contribution is 0.0996. The van der Waals surface area contributed by atoms with Gasteiger partial charge in [-0.3, -0.25) is 10.1 Å². The van der Waals surface area contributed by atoms with Gasteiger partial charge in [0.25, 0.3) is 11.9 Å². The summed E-state index contributed by atoms with van der Waals surface area (Å²) in [7, 11) is 1.60. The second-order valence-corrected chi connectivity index (χ2v) is 4.67. The summed E-state index contributed by atoms with van der Waals surface area (Å²) in [5.74, 6) is 0.367. The number of hydrogen-bond donors (Lipinski definition) is 1. The van der Waals surface area contributed by atoms with E-state index >= 15 is 0 Å². The zero-order valence-corrected chi connectivity index (χ0v) is 11.7. The van der Waals surface area contributed by atoms with Crippen molar-refractivity contribution in [2.24, 2.45) is 7.05 Å². The molecule has 1 aromatic carbocycles. The van der Waals surface area contributed by atoms with Crippen molar-refractivity contribution in [2.45, 2.75) is 0 Å². The van der Waals surface area contributed by atoms with Gasteiger partial charge >= 0.3 is 0 Å². The molecule has 1 amide bonds. The highest BCUT2D eigenvalue weighted by atomic mass is 35.5. The molecule has 0 aliphatic carbocycles. The Kier molecular flexibility index (Phi) is 3.41. The monoisotopic (exact) mass is 303 g/mol. The molecule has 0 saturated carbocycles. The molecular weight excluding hydrogens is 294 g/mol. The van der Waals surface area contributed by atoms with Crippen LogP contribution >= 0.6 is 11.6 Å². The van der Waals surface area contributed by atoms with Crippen LogP contribution in [-0.2, 0) is 7.05 Å². The molecule has 0 radical (unpaired) electrons. The van der Waals surface area contributed by atoms with Gasteiger partial charge in [0.05, 0.1) is 7.05 Å². The second kappa shape index (κ2) is 5.37. The van der Waals surface area contributed by atoms with Crippen LogP contribution in [0.25, 0.3) is 11.3 Å². The molecule has 2 heterocycles. The number of furan rings is 1. The van der Waals surface area contributed by atoms with Gasteiger partial charge in [0.15, 0.2) is 5.76 Å². The Labute approximate surface area is 124 Å². The molecule has 0 fully saturated rings. The molecule has 0 unspecified atom stereocenters. The van der Waals surface area contributed by atoms with Crippen molar-refractivity contribution in [3.05, 3.63) is 47.2 Å². The number of nitrogens with one attached hydrogen (secondary N) is 1. The molecule has 106 valence electrons. The fourth-order valence-electron chi connectivity index (χ4n) is 1.75. The minimum atomic E-state index is -0.448. The quantitative estimate of drug-likeness (QED) is 0.803. The fraction of sp³-hybridized carbons (Fsp3) is 0.0769. The third-order valence-corrected chi connectivity index (χ3v) is 2.91. The van der Waals surface area contributed by atoms with Crippen molar-refractivity contribution < 1.29 is 9.21 Å². The summed E-state index contributed by atoms with van der Waals surface area (Å²) in [6, 6.07) is 10.4. The number of nitrogens with zero attached hydrogens (tertiary/aromatic N) is 4. The molecule has 0 aliphatic rings. The van der Waals surface area contributed by atoms with Gasteiger partial charge in [0, 0.05) is 10.6 Å². The zero-order chi connectivity index (χ0) is 14.8. The van der Waals surface area contributed by atoms with Crippen LogP contribution in [0.15, 0.2) is 40.8 Å². The highest BCUT2D eigenvalue weighted by Gasteiger charge is 2.14. The average molecular weight is 304 g/mol. The lowest BCUT2D eigenvalue weighted by atomic mass is 10.2. The number of aromatic nitrogens is 4. The lowest BCUT2D eigenvalue weighted by Crippen LogP contribution is -2.12. The van der Waals surface area contributed by atoms with Crippen molar-refractivity contribution in [3.63, 3.8) is 0 Å². The molecule has 3 rings (SSSR count). The summed E-state index contributed by atoms with van der Waals surface area (Å²) < 4.78 is 5.51. The maximum absolute atomic E-state index is 12.0. The largest absolute Gasteiger partial charge is 0.451 e. The number of rotatable bonds is 3. The standard InChI is InChI=1S/C13H10ClN5O2/c1-19-17-13(16-18-19)15-12(20)11-6-5-10(21-11)8-3-2-4-9(14)7-8/h2-7H,1H3,(H,15,17,20). The molecule has 0 atom stereocenters. The van der Waals surface area contributed by atoms with Crippen LogP contribution in [0.3, 0.4) is 0 Å². The van der Waals surface area contributed by atoms with E-state index in [2.05, 4.69) is 20.7 Å². The lowest BCUT2D eigenvalue weighted by Gasteiger charge is -1.98. The Hall–Kier alpha value is -2.67. The average Bonchev–Trinajstić information content (AvgIpc) is 3.08. The van der Waals surface area contributed by atoms with E-state index in [0.29, 0.717) is 10.8 Å². The first-order valence-electron chi connectivity index (χ1n) is 6.03. The molecule has 0 saturated heterocycles. The number of amides is 1. The van der Waals surface area contributed by atoms with E-state index in [1.54, 1.807) is 31.3 Å². The molecule has 0 spiro atoms. The molecule has 0 aliphatic heterocycles. The van der Waals surface area contributed by atoms with Crippen LogP contribution in [0.5, 0.6) is 0 Å². The van der Waals surface area contributed by atoms with Gasteiger partial charge in [-0.05, 0) is 29.5 Å². The Morgan fingerprint density at radius 3 is 2.90 bits per heavy atom. The van der Waals surface area contributed by atoms with Gasteiger partial charge in [0.1, 0.15) is 5.76 Å². The summed E-state index contributed by atoms with van der Waals surface area (Å²) in [6.07, 6.45) is 0. The van der Waals surface area contributed by atoms with Crippen molar-refractivity contribution in [3.8, 4) is 11.3 Å². The Bertz CT molecular complexity index is 795. The fourth-order valence-corrected chi connectivity index (χ4v) is 1.94. The summed E-state index contributed by atoms with van der Waals surface area (Å²) >= 11 is 5.93. The third-order valence-electron chi connectivity index (χ3n) is 2.67. The van der Waals surface area contributed by atoms with Gasteiger partial charge in [-0.2, -0.15) is 4.80 Å². The normalized spacial score (nSPS) is 10.6. The number of benzene rings is 1. The maximum atomic E-state index is 12.0. The smallest absolute Gasteiger partial charge is 0.293 e. The number of aryl methyl sites for hydroxylation is 1. The number of hydrogen-bond acceptors (Lipinski definition) is 5. The number of carbonyl (C=O) groups is 1. The van der Waals surface area contributed by atoms with Crippen molar-refractivity contribution >= 4 is 23.5 Å². The molecule has 1 N–H and O–H groups in total. The summed E-state index contributed by atoms with van der Waals surface area (Å²) in [6.45, 7) is 0. The number of carbonyl (C=O) groups excluding carboxylic acids is 1. The minimum absolute atomic E-state index is 0.114. The molecule has 21 heavy (non-hydrogen) atoms. The van der Waals surface area contributed by atoms with E-state index in [1.807, 2.05) is 12.1 Å². The van der Waals surface area contributed by atoms with Crippen LogP contribution in [0.1, 0.15) is 10.6 Å². The summed E-state index contributed by atoms with van der Waals surface area (Å²) in [5, 5.41) is 14.2. The van der Waals surface area contributed by atoms with E-state index in [0.717, 1.165) is 5.56 Å². The van der Waals surface area contributed by atoms with Crippen LogP contribution in [0.2, 0.25) is 5.02 Å². The molecule has 8 heteroatoms. The van der Waals surface area contributed by atoms with Crippen LogP contribution in [0, 0.1) is 0 Å². The van der Waals surface area contributed by atoms with E-state index < -0.39 is 5.91 Å². The summed E-state index contributed by atoms with van der Waals surface area (Å²) in [4.78, 5) is 13.2. The SMILES string of the molecule is Cn1nnc(NC(=O)c2ccc(-c3cccc(Cl)c3)o2)n1. The Morgan fingerprint density at radius 1 is 1.33 bits per heavy atom. The van der Waals surface area contributed by atoms with Crippen LogP contribution < -0.4 is 5.32 Å². The second-order valence-electron chi connectivity index (χ2n) is 4.23. The third kappa shape index (κ3) is 2.92. The number of anilines is 1. The molecule has 0 bridgehead atoms. The van der Waals surface area contributed by atoms with Gasteiger partial charge in [-0.1, -0.05) is 28.8 Å². The van der Waals surface area contributed by atoms with E-state index in [-0.39, 0.29) is 11.7 Å². The van der Waals surface area contributed by atoms with Crippen molar-refractivity contribution in [1.29, 1.82) is 0 Å². The summed E-state index contributed by atoms with van der Waals surface area (Å²) in [5.41, 5.74) is 0.791. The Balaban J connectivity index is 1.80. The Morgan fingerprint density at radius 2 is 2.19 bits per heavy atom. The highest BCUT2D eigenvalue weighted by Crippen LogP contribution is 2.25. The predicted molar refractivity (Wildman–Crippen MR) is 75.9 cm³/mol. The molecule has 7 nitrogen and oxygen atoms in total.